The van der Waals surface area contributed by atoms with Gasteiger partial charge in [0.25, 0.3) is 0 Å². The molecule has 1 aromatic rings. The quantitative estimate of drug-likeness (QED) is 0.659. The number of hydrogen-bond donors (Lipinski definition) is 1. The van der Waals surface area contributed by atoms with Crippen LogP contribution in [0, 0.1) is 0 Å². The normalized spacial score (nSPS) is 23.8. The summed E-state index contributed by atoms with van der Waals surface area (Å²) >= 11 is 12.1. The van der Waals surface area contributed by atoms with Gasteiger partial charge in [-0.15, -0.1) is 11.6 Å². The molecule has 1 aliphatic carbocycles. The number of rotatable bonds is 4. The third kappa shape index (κ3) is 3.66. The fourth-order valence-corrected chi connectivity index (χ4v) is 3.24. The molecule has 0 spiro atoms. The molecule has 122 valence electrons. The summed E-state index contributed by atoms with van der Waals surface area (Å²) in [5.41, 5.74) is 0.591. The highest BCUT2D eigenvalue weighted by molar-refractivity contribution is 6.30. The molecule has 1 N–H and O–H groups in total. The van der Waals surface area contributed by atoms with E-state index in [9.17, 15) is 4.79 Å². The average molecular weight is 348 g/mol. The summed E-state index contributed by atoms with van der Waals surface area (Å²) in [6, 6.07) is 6.74. The van der Waals surface area contributed by atoms with E-state index in [-0.39, 0.29) is 5.38 Å². The van der Waals surface area contributed by atoms with Gasteiger partial charge in [-0.25, -0.2) is 4.79 Å². The number of halogens is 2. The van der Waals surface area contributed by atoms with Crippen LogP contribution in [0.4, 0.5) is 10.5 Å². The third-order valence-electron chi connectivity index (χ3n) is 3.79. The van der Waals surface area contributed by atoms with Gasteiger partial charge >= 0.3 is 6.09 Å². The van der Waals surface area contributed by atoms with Crippen molar-refractivity contribution in [1.82, 2.24) is 0 Å². The second-order valence-corrected chi connectivity index (χ2v) is 6.02. The number of alkyl halides is 1. The lowest BCUT2D eigenvalue weighted by Crippen LogP contribution is -2.57. The Kier molecular flexibility index (Phi) is 5.92. The summed E-state index contributed by atoms with van der Waals surface area (Å²) in [5.74, 6) is -1.13. The van der Waals surface area contributed by atoms with E-state index in [0.717, 1.165) is 12.8 Å². The first-order valence-electron chi connectivity index (χ1n) is 6.99. The fourth-order valence-electron chi connectivity index (χ4n) is 2.64. The molecular formula is C15H19Cl2NO4. The van der Waals surface area contributed by atoms with Crippen LogP contribution in [0.15, 0.2) is 24.3 Å². The molecule has 22 heavy (non-hydrogen) atoms. The number of nitrogens with one attached hydrogen (secondary N) is 1. The topological polar surface area (TPSA) is 56.8 Å². The van der Waals surface area contributed by atoms with Crippen molar-refractivity contribution in [1.29, 1.82) is 0 Å². The van der Waals surface area contributed by atoms with E-state index < -0.39 is 18.0 Å². The van der Waals surface area contributed by atoms with Gasteiger partial charge in [0.2, 0.25) is 5.79 Å². The standard InChI is InChI=1S/C15H19Cl2NO4/c1-20-15(21-2)12(17)4-3-5-13(15)22-14(19)18-11-8-6-10(16)7-9-11/h6-9,12-13H,3-5H2,1-2H3,(H,18,19). The number of ether oxygens (including phenoxy) is 3. The van der Waals surface area contributed by atoms with E-state index in [0.29, 0.717) is 17.1 Å². The second kappa shape index (κ2) is 7.51. The minimum atomic E-state index is -1.13. The van der Waals surface area contributed by atoms with Crippen molar-refractivity contribution >= 4 is 35.0 Å². The number of methoxy groups -OCH3 is 2. The van der Waals surface area contributed by atoms with E-state index >= 15 is 0 Å². The molecule has 7 heteroatoms. The van der Waals surface area contributed by atoms with Gasteiger partial charge in [-0.1, -0.05) is 11.6 Å². The first kappa shape index (κ1) is 17.3. The predicted molar refractivity (Wildman–Crippen MR) is 85.6 cm³/mol. The van der Waals surface area contributed by atoms with Crippen LogP contribution in [0.3, 0.4) is 0 Å². The first-order chi connectivity index (χ1) is 10.5. The maximum absolute atomic E-state index is 12.1. The lowest BCUT2D eigenvalue weighted by Gasteiger charge is -2.43. The number of benzene rings is 1. The maximum Gasteiger partial charge on any atom is 0.412 e. The minimum Gasteiger partial charge on any atom is -0.440 e. The van der Waals surface area contributed by atoms with E-state index in [1.165, 1.54) is 14.2 Å². The molecule has 0 heterocycles. The minimum absolute atomic E-state index is 0.385. The number of hydrogen-bond acceptors (Lipinski definition) is 4. The molecule has 1 fully saturated rings. The molecule has 2 rings (SSSR count). The van der Waals surface area contributed by atoms with E-state index in [1.54, 1.807) is 24.3 Å². The van der Waals surface area contributed by atoms with Crippen LogP contribution in [0.1, 0.15) is 19.3 Å². The molecule has 0 saturated heterocycles. The van der Waals surface area contributed by atoms with Crippen molar-refractivity contribution in [2.45, 2.75) is 36.5 Å². The van der Waals surface area contributed by atoms with Gasteiger partial charge in [0.05, 0.1) is 5.38 Å². The van der Waals surface area contributed by atoms with Gasteiger partial charge < -0.3 is 14.2 Å². The van der Waals surface area contributed by atoms with Crippen molar-refractivity contribution in [3.63, 3.8) is 0 Å². The highest BCUT2D eigenvalue weighted by Crippen LogP contribution is 2.38. The highest BCUT2D eigenvalue weighted by atomic mass is 35.5. The molecule has 0 radical (unpaired) electrons. The monoisotopic (exact) mass is 347 g/mol. The third-order valence-corrected chi connectivity index (χ3v) is 4.56. The summed E-state index contributed by atoms with van der Waals surface area (Å²) in [5, 5.41) is 2.85. The Morgan fingerprint density at radius 3 is 2.45 bits per heavy atom. The van der Waals surface area contributed by atoms with Gasteiger partial charge in [-0.3, -0.25) is 5.32 Å². The Hall–Kier alpha value is -1.01. The molecule has 2 unspecified atom stereocenters. The molecule has 1 amide bonds. The molecule has 5 nitrogen and oxygen atoms in total. The van der Waals surface area contributed by atoms with E-state index in [1.807, 2.05) is 0 Å². The van der Waals surface area contributed by atoms with Gasteiger partial charge in [0.1, 0.15) is 0 Å². The van der Waals surface area contributed by atoms with Crippen LogP contribution in [0.5, 0.6) is 0 Å². The van der Waals surface area contributed by atoms with Gasteiger partial charge in [-0.05, 0) is 43.5 Å². The lowest BCUT2D eigenvalue weighted by molar-refractivity contribution is -0.267. The van der Waals surface area contributed by atoms with Gasteiger partial charge in [0.15, 0.2) is 6.10 Å². The highest BCUT2D eigenvalue weighted by Gasteiger charge is 2.50. The first-order valence-corrected chi connectivity index (χ1v) is 7.81. The zero-order valence-electron chi connectivity index (χ0n) is 12.5. The second-order valence-electron chi connectivity index (χ2n) is 5.05. The van der Waals surface area contributed by atoms with Crippen molar-refractivity contribution in [3.05, 3.63) is 29.3 Å². The van der Waals surface area contributed by atoms with Crippen molar-refractivity contribution in [3.8, 4) is 0 Å². The van der Waals surface area contributed by atoms with Crippen LogP contribution >= 0.6 is 23.2 Å². The van der Waals surface area contributed by atoms with Crippen molar-refractivity contribution in [2.24, 2.45) is 0 Å². The molecule has 1 aromatic carbocycles. The summed E-state index contributed by atoms with van der Waals surface area (Å²) in [6.45, 7) is 0. The summed E-state index contributed by atoms with van der Waals surface area (Å²) in [4.78, 5) is 12.1. The molecule has 0 bridgehead atoms. The van der Waals surface area contributed by atoms with Crippen molar-refractivity contribution in [2.75, 3.05) is 19.5 Å². The Morgan fingerprint density at radius 2 is 1.86 bits per heavy atom. The van der Waals surface area contributed by atoms with Crippen LogP contribution < -0.4 is 5.32 Å². The number of carbonyl (C=O) groups excluding carboxylic acids is 1. The van der Waals surface area contributed by atoms with Crippen LogP contribution in [-0.2, 0) is 14.2 Å². The van der Waals surface area contributed by atoms with Crippen LogP contribution in [-0.4, -0.2) is 37.6 Å². The molecule has 2 atom stereocenters. The molecule has 1 saturated carbocycles. The number of amides is 1. The Balaban J connectivity index is 2.04. The smallest absolute Gasteiger partial charge is 0.412 e. The zero-order chi connectivity index (χ0) is 16.2. The Morgan fingerprint density at radius 1 is 1.23 bits per heavy atom. The summed E-state index contributed by atoms with van der Waals surface area (Å²) < 4.78 is 16.4. The van der Waals surface area contributed by atoms with Crippen molar-refractivity contribution < 1.29 is 19.0 Å². The molecular weight excluding hydrogens is 329 g/mol. The van der Waals surface area contributed by atoms with E-state index in [4.69, 9.17) is 37.4 Å². The van der Waals surface area contributed by atoms with E-state index in [2.05, 4.69) is 5.32 Å². The van der Waals surface area contributed by atoms with Gasteiger partial charge in [-0.2, -0.15) is 0 Å². The van der Waals surface area contributed by atoms with Crippen LogP contribution in [0.25, 0.3) is 0 Å². The molecule has 0 aliphatic heterocycles. The largest absolute Gasteiger partial charge is 0.440 e. The predicted octanol–water partition coefficient (Wildman–Crippen LogP) is 4.04. The summed E-state index contributed by atoms with van der Waals surface area (Å²) in [7, 11) is 3.00. The molecule has 1 aliphatic rings. The fraction of sp³-hybridized carbons (Fsp3) is 0.533. The SMILES string of the molecule is COC1(OC)C(Cl)CCCC1OC(=O)Nc1ccc(Cl)cc1. The lowest BCUT2D eigenvalue weighted by atomic mass is 9.90. The Labute approximate surface area is 139 Å². The average Bonchev–Trinajstić information content (AvgIpc) is 2.50. The number of anilines is 1. The molecule has 0 aromatic heterocycles. The summed E-state index contributed by atoms with van der Waals surface area (Å²) in [6.07, 6.45) is 1.03. The number of carbonyl (C=O) groups is 1. The maximum atomic E-state index is 12.1. The van der Waals surface area contributed by atoms with Gasteiger partial charge in [0, 0.05) is 24.9 Å². The zero-order valence-corrected chi connectivity index (χ0v) is 14.0. The Bertz CT molecular complexity index is 505. The van der Waals surface area contributed by atoms with Crippen LogP contribution in [0.2, 0.25) is 5.02 Å².